The molecule has 2 atom stereocenters. The molecule has 6 aromatic rings. The third kappa shape index (κ3) is 3.67. The fourth-order valence-electron chi connectivity index (χ4n) is 5.43. The van der Waals surface area contributed by atoms with Gasteiger partial charge in [0.15, 0.2) is 16.8 Å². The molecule has 4 N–H and O–H groups in total. The third-order valence-electron chi connectivity index (χ3n) is 6.87. The van der Waals surface area contributed by atoms with Crippen molar-refractivity contribution < 1.29 is 4.42 Å². The highest BCUT2D eigenvalue weighted by atomic mass is 32.2. The summed E-state index contributed by atoms with van der Waals surface area (Å²) in [5, 5.41) is 33.9. The van der Waals surface area contributed by atoms with Crippen molar-refractivity contribution in [2.24, 2.45) is 0 Å². The number of tetrazole rings is 1. The number of aromatic amines is 3. The van der Waals surface area contributed by atoms with Crippen LogP contribution in [0, 0.1) is 0 Å². The summed E-state index contributed by atoms with van der Waals surface area (Å²) >= 11 is 4.58. The zero-order chi connectivity index (χ0) is 27.9. The quantitative estimate of drug-likeness (QED) is 0.191. The van der Waals surface area contributed by atoms with Crippen molar-refractivity contribution in [3.05, 3.63) is 112 Å². The number of thiazole rings is 1. The molecule has 42 heavy (non-hydrogen) atoms. The van der Waals surface area contributed by atoms with Gasteiger partial charge < -0.3 is 19.0 Å². The zero-order valence-corrected chi connectivity index (χ0v) is 23.8. The number of hydrogen-bond acceptors (Lipinski definition) is 14. The van der Waals surface area contributed by atoms with E-state index in [9.17, 15) is 0 Å². The summed E-state index contributed by atoms with van der Waals surface area (Å²) in [6, 6.07) is 7.34. The summed E-state index contributed by atoms with van der Waals surface area (Å²) in [6.45, 7) is 0. The van der Waals surface area contributed by atoms with Gasteiger partial charge in [-0.15, -0.1) is 38.0 Å². The fraction of sp³-hybridized carbons (Fsp3) is 0.0800. The molecule has 0 aliphatic carbocycles. The molecular formula is C25H19N13OS3. The SMILES string of the molecule is C1=CSNC(C2C(c3ccco3)=C(c3nn[nH]n3)N(c3cn[nH]n3)C(c3ncc[nH]3)(c3cccs3)N2c2nccs2)=C1. The van der Waals surface area contributed by atoms with Crippen LogP contribution in [0.25, 0.3) is 11.3 Å². The van der Waals surface area contributed by atoms with Crippen molar-refractivity contribution in [3.8, 4) is 0 Å². The molecule has 17 heteroatoms. The van der Waals surface area contributed by atoms with Crippen LogP contribution >= 0.6 is 34.6 Å². The van der Waals surface area contributed by atoms with Crippen LogP contribution in [0.2, 0.25) is 0 Å². The number of nitrogens with zero attached hydrogens (tertiary/aromatic N) is 9. The van der Waals surface area contributed by atoms with E-state index in [0.29, 0.717) is 28.9 Å². The maximum absolute atomic E-state index is 6.14. The molecule has 2 aliphatic rings. The third-order valence-corrected chi connectivity index (χ3v) is 9.26. The molecule has 0 aromatic carbocycles. The van der Waals surface area contributed by atoms with Gasteiger partial charge in [0.05, 0.1) is 22.9 Å². The molecule has 2 unspecified atom stereocenters. The number of allylic oxidation sites excluding steroid dienone is 2. The second kappa shape index (κ2) is 10.1. The van der Waals surface area contributed by atoms with Crippen LogP contribution < -0.4 is 14.5 Å². The van der Waals surface area contributed by atoms with E-state index in [1.807, 2.05) is 51.4 Å². The molecular weight excluding hydrogens is 595 g/mol. The summed E-state index contributed by atoms with van der Waals surface area (Å²) in [7, 11) is 0. The lowest BCUT2D eigenvalue weighted by molar-refractivity contribution is 0.434. The van der Waals surface area contributed by atoms with Crippen molar-refractivity contribution in [2.45, 2.75) is 11.7 Å². The van der Waals surface area contributed by atoms with Crippen LogP contribution in [0.15, 0.2) is 93.8 Å². The lowest BCUT2D eigenvalue weighted by Gasteiger charge is -2.56. The number of nitrogens with one attached hydrogen (secondary N) is 4. The van der Waals surface area contributed by atoms with Gasteiger partial charge in [-0.3, -0.25) is 4.90 Å². The largest absolute Gasteiger partial charge is 0.465 e. The van der Waals surface area contributed by atoms with E-state index in [-0.39, 0.29) is 0 Å². The van der Waals surface area contributed by atoms with Gasteiger partial charge in [-0.1, -0.05) is 12.1 Å². The number of thiophene rings is 1. The van der Waals surface area contributed by atoms with Crippen LogP contribution in [-0.2, 0) is 5.66 Å². The number of anilines is 2. The Balaban J connectivity index is 1.60. The van der Waals surface area contributed by atoms with Gasteiger partial charge in [0.2, 0.25) is 11.5 Å². The van der Waals surface area contributed by atoms with Crippen molar-refractivity contribution in [3.63, 3.8) is 0 Å². The van der Waals surface area contributed by atoms with Gasteiger partial charge >= 0.3 is 0 Å². The molecule has 0 radical (unpaired) electrons. The summed E-state index contributed by atoms with van der Waals surface area (Å²) in [6.07, 6.45) is 12.7. The Morgan fingerprint density at radius 2 is 2.02 bits per heavy atom. The van der Waals surface area contributed by atoms with Crippen molar-refractivity contribution in [2.75, 3.05) is 9.80 Å². The van der Waals surface area contributed by atoms with E-state index in [2.05, 4.69) is 56.7 Å². The minimum Gasteiger partial charge on any atom is -0.465 e. The fourth-order valence-corrected chi connectivity index (χ4v) is 7.60. The predicted octanol–water partition coefficient (Wildman–Crippen LogP) is 3.97. The van der Waals surface area contributed by atoms with Crippen LogP contribution in [-0.4, -0.2) is 57.0 Å². The van der Waals surface area contributed by atoms with Crippen molar-refractivity contribution in [1.82, 2.24) is 55.7 Å². The van der Waals surface area contributed by atoms with Gasteiger partial charge in [0, 0.05) is 29.7 Å². The monoisotopic (exact) mass is 613 g/mol. The number of rotatable bonds is 7. The smallest absolute Gasteiger partial charge is 0.221 e. The molecule has 0 fully saturated rings. The van der Waals surface area contributed by atoms with Gasteiger partial charge in [0.1, 0.15) is 17.5 Å². The summed E-state index contributed by atoms with van der Waals surface area (Å²) < 4.78 is 9.67. The lowest BCUT2D eigenvalue weighted by Crippen LogP contribution is -2.66. The molecule has 2 aliphatic heterocycles. The van der Waals surface area contributed by atoms with Crippen LogP contribution in [0.5, 0.6) is 0 Å². The van der Waals surface area contributed by atoms with Gasteiger partial charge in [-0.25, -0.2) is 9.97 Å². The van der Waals surface area contributed by atoms with E-state index in [1.54, 1.807) is 42.4 Å². The topological polar surface area (TPSA) is 169 Å². The Bertz CT molecular complexity index is 1810. The average Bonchev–Trinajstić information content (AvgIpc) is 3.89. The lowest BCUT2D eigenvalue weighted by atomic mass is 9.86. The molecule has 0 amide bonds. The Labute approximate surface area is 249 Å². The number of furan rings is 1. The minimum absolute atomic E-state index is 0.334. The second-order valence-corrected chi connectivity index (χ2v) is 11.5. The highest BCUT2D eigenvalue weighted by Gasteiger charge is 2.60. The maximum atomic E-state index is 6.14. The highest BCUT2D eigenvalue weighted by molar-refractivity contribution is 8.00. The first-order valence-corrected chi connectivity index (χ1v) is 15.2. The van der Waals surface area contributed by atoms with Crippen molar-refractivity contribution >= 4 is 56.8 Å². The highest BCUT2D eigenvalue weighted by Crippen LogP contribution is 2.56. The predicted molar refractivity (Wildman–Crippen MR) is 159 cm³/mol. The van der Waals surface area contributed by atoms with Crippen LogP contribution in [0.3, 0.4) is 0 Å². The van der Waals surface area contributed by atoms with E-state index in [4.69, 9.17) is 14.4 Å². The van der Waals surface area contributed by atoms with Gasteiger partial charge in [0.25, 0.3) is 0 Å². The van der Waals surface area contributed by atoms with Gasteiger partial charge in [-0.05, 0) is 52.2 Å². The Kier molecular flexibility index (Phi) is 5.97. The molecule has 0 bridgehead atoms. The normalized spacial score (nSPS) is 20.7. The van der Waals surface area contributed by atoms with E-state index in [0.717, 1.165) is 21.3 Å². The van der Waals surface area contributed by atoms with Gasteiger partial charge in [-0.2, -0.15) is 15.5 Å². The van der Waals surface area contributed by atoms with E-state index < -0.39 is 11.7 Å². The number of H-pyrrole nitrogens is 3. The maximum Gasteiger partial charge on any atom is 0.221 e. The summed E-state index contributed by atoms with van der Waals surface area (Å²) in [4.78, 5) is 18.4. The first kappa shape index (κ1) is 24.8. The zero-order valence-electron chi connectivity index (χ0n) is 21.3. The van der Waals surface area contributed by atoms with E-state index >= 15 is 0 Å². The minimum atomic E-state index is -1.20. The van der Waals surface area contributed by atoms with E-state index in [1.165, 1.54) is 23.3 Å². The Morgan fingerprint density at radius 3 is 2.69 bits per heavy atom. The Morgan fingerprint density at radius 1 is 1.02 bits per heavy atom. The molecule has 0 saturated carbocycles. The Hall–Kier alpha value is -5.00. The molecule has 8 heterocycles. The molecule has 0 spiro atoms. The van der Waals surface area contributed by atoms with Crippen LogP contribution in [0.1, 0.15) is 22.3 Å². The first-order valence-electron chi connectivity index (χ1n) is 12.6. The number of hydrogen-bond donors (Lipinski definition) is 4. The molecule has 14 nitrogen and oxygen atoms in total. The molecule has 0 saturated heterocycles. The molecule has 6 aromatic heterocycles. The number of aromatic nitrogens is 10. The standard InChI is InChI=1S/C25H19N13OS3/c1-5-16(39-10-1)19-20(15-4-2-12-42-33-15)38(24-28-9-13-41-24)25(17-6-3-11-40-17,23-26-7-8-27-23)37(18-14-29-34-30-18)21(19)22-31-35-36-32-22/h1-14,20,33H,(H,26,27)(H,29,30,34)(H,31,32,35,36). The molecule has 8 rings (SSSR count). The summed E-state index contributed by atoms with van der Waals surface area (Å²) in [5.74, 6) is 2.05. The van der Waals surface area contributed by atoms with Crippen molar-refractivity contribution in [1.29, 1.82) is 0 Å². The first-order chi connectivity index (χ1) is 20.9. The number of imidazole rings is 1. The summed E-state index contributed by atoms with van der Waals surface area (Å²) in [5.41, 5.74) is 1.04. The molecule has 208 valence electrons. The van der Waals surface area contributed by atoms with Crippen LogP contribution in [0.4, 0.5) is 10.9 Å². The average molecular weight is 614 g/mol. The second-order valence-electron chi connectivity index (χ2n) is 8.98.